The van der Waals surface area contributed by atoms with Gasteiger partial charge in [-0.3, -0.25) is 0 Å². The summed E-state index contributed by atoms with van der Waals surface area (Å²) < 4.78 is 0. The van der Waals surface area contributed by atoms with Crippen molar-refractivity contribution in [3.05, 3.63) is 71.8 Å². The molecule has 0 bridgehead atoms. The third-order valence-electron chi connectivity index (χ3n) is 4.24. The molecule has 1 saturated heterocycles. The Kier molecular flexibility index (Phi) is 5.36. The fraction of sp³-hybridized carbons (Fsp3) is 0.368. The third-order valence-corrected chi connectivity index (χ3v) is 5.28. The van der Waals surface area contributed by atoms with Crippen LogP contribution in [0.2, 0.25) is 0 Å². The fourth-order valence-corrected chi connectivity index (χ4v) is 4.09. The van der Waals surface area contributed by atoms with E-state index in [-0.39, 0.29) is 0 Å². The van der Waals surface area contributed by atoms with Gasteiger partial charge >= 0.3 is 0 Å². The van der Waals surface area contributed by atoms with Gasteiger partial charge in [-0.15, -0.1) is 0 Å². The average Bonchev–Trinajstić information content (AvgIpc) is 2.58. The highest BCUT2D eigenvalue weighted by Crippen LogP contribution is 2.25. The molecule has 1 fully saturated rings. The first-order valence-corrected chi connectivity index (χ1v) is 9.00. The molecule has 1 N–H and O–H groups in total. The molecule has 0 aliphatic carbocycles. The molecule has 2 heteroatoms. The summed E-state index contributed by atoms with van der Waals surface area (Å²) >= 11 is 2.09. The van der Waals surface area contributed by atoms with Crippen LogP contribution in [0.1, 0.15) is 29.9 Å². The lowest BCUT2D eigenvalue weighted by Gasteiger charge is -2.26. The number of benzene rings is 2. The van der Waals surface area contributed by atoms with Crippen molar-refractivity contribution in [2.75, 3.05) is 18.1 Å². The largest absolute Gasteiger partial charge is 0.313 e. The molecule has 0 radical (unpaired) electrons. The Balaban J connectivity index is 1.73. The number of rotatable bonds is 5. The number of hydrogen-bond acceptors (Lipinski definition) is 2. The Bertz CT molecular complexity index is 480. The van der Waals surface area contributed by atoms with E-state index in [9.17, 15) is 0 Å². The first-order valence-electron chi connectivity index (χ1n) is 7.84. The molecule has 0 spiro atoms. The van der Waals surface area contributed by atoms with Crippen molar-refractivity contribution in [1.82, 2.24) is 5.32 Å². The number of thioether (sulfide) groups is 1. The molecule has 110 valence electrons. The van der Waals surface area contributed by atoms with E-state index in [0.29, 0.717) is 12.0 Å². The maximum atomic E-state index is 3.81. The van der Waals surface area contributed by atoms with Crippen LogP contribution in [-0.4, -0.2) is 24.1 Å². The third kappa shape index (κ3) is 4.12. The van der Waals surface area contributed by atoms with Crippen LogP contribution < -0.4 is 5.32 Å². The Morgan fingerprint density at radius 2 is 1.38 bits per heavy atom. The zero-order valence-corrected chi connectivity index (χ0v) is 13.2. The molecule has 1 nitrogen and oxygen atoms in total. The highest BCUT2D eigenvalue weighted by atomic mass is 32.2. The molecular weight excluding hydrogens is 274 g/mol. The van der Waals surface area contributed by atoms with Gasteiger partial charge in [-0.1, -0.05) is 60.7 Å². The van der Waals surface area contributed by atoms with Gasteiger partial charge in [-0.05, 0) is 35.5 Å². The molecule has 2 aromatic rings. The molecule has 1 heterocycles. The molecule has 1 aliphatic rings. The van der Waals surface area contributed by atoms with Crippen molar-refractivity contribution in [1.29, 1.82) is 0 Å². The minimum absolute atomic E-state index is 0.446. The predicted octanol–water partition coefficient (Wildman–Crippen LogP) is 4.30. The van der Waals surface area contributed by atoms with Gasteiger partial charge in [0.1, 0.15) is 0 Å². The minimum Gasteiger partial charge on any atom is -0.313 e. The Labute approximate surface area is 132 Å². The SMILES string of the molecule is c1ccc(C(CNC2CCSCC2)c2ccccc2)cc1. The lowest BCUT2D eigenvalue weighted by atomic mass is 9.91. The summed E-state index contributed by atoms with van der Waals surface area (Å²) in [6, 6.07) is 22.4. The van der Waals surface area contributed by atoms with Crippen LogP contribution in [0.5, 0.6) is 0 Å². The van der Waals surface area contributed by atoms with Gasteiger partial charge in [0.05, 0.1) is 0 Å². The monoisotopic (exact) mass is 297 g/mol. The lowest BCUT2D eigenvalue weighted by Crippen LogP contribution is -2.35. The normalized spacial score (nSPS) is 16.2. The second-order valence-electron chi connectivity index (χ2n) is 5.67. The van der Waals surface area contributed by atoms with Gasteiger partial charge in [0, 0.05) is 18.5 Å². The lowest BCUT2D eigenvalue weighted by molar-refractivity contribution is 0.472. The second kappa shape index (κ2) is 7.67. The molecule has 0 saturated carbocycles. The highest BCUT2D eigenvalue weighted by Gasteiger charge is 2.18. The maximum Gasteiger partial charge on any atom is 0.0214 e. The van der Waals surface area contributed by atoms with Gasteiger partial charge in [0.15, 0.2) is 0 Å². The van der Waals surface area contributed by atoms with Crippen LogP contribution in [0.3, 0.4) is 0 Å². The van der Waals surface area contributed by atoms with Gasteiger partial charge in [-0.2, -0.15) is 11.8 Å². The molecule has 2 aromatic carbocycles. The van der Waals surface area contributed by atoms with Crippen molar-refractivity contribution in [3.63, 3.8) is 0 Å². The highest BCUT2D eigenvalue weighted by molar-refractivity contribution is 7.99. The van der Waals surface area contributed by atoms with Crippen molar-refractivity contribution in [2.45, 2.75) is 24.8 Å². The summed E-state index contributed by atoms with van der Waals surface area (Å²) in [5, 5.41) is 3.81. The quantitative estimate of drug-likeness (QED) is 0.883. The predicted molar refractivity (Wildman–Crippen MR) is 93.1 cm³/mol. The van der Waals surface area contributed by atoms with Crippen LogP contribution in [-0.2, 0) is 0 Å². The van der Waals surface area contributed by atoms with E-state index >= 15 is 0 Å². The van der Waals surface area contributed by atoms with Crippen LogP contribution in [0.25, 0.3) is 0 Å². The van der Waals surface area contributed by atoms with E-state index in [0.717, 1.165) is 6.54 Å². The van der Waals surface area contributed by atoms with Gasteiger partial charge in [0.2, 0.25) is 0 Å². The van der Waals surface area contributed by atoms with Crippen molar-refractivity contribution < 1.29 is 0 Å². The zero-order chi connectivity index (χ0) is 14.3. The summed E-state index contributed by atoms with van der Waals surface area (Å²) in [6.07, 6.45) is 2.61. The molecule has 21 heavy (non-hydrogen) atoms. The van der Waals surface area contributed by atoms with Crippen LogP contribution in [0.15, 0.2) is 60.7 Å². The molecule has 3 rings (SSSR count). The van der Waals surface area contributed by atoms with E-state index in [2.05, 4.69) is 77.7 Å². The first kappa shape index (κ1) is 14.7. The van der Waals surface area contributed by atoms with Crippen LogP contribution in [0, 0.1) is 0 Å². The van der Waals surface area contributed by atoms with Crippen molar-refractivity contribution in [3.8, 4) is 0 Å². The van der Waals surface area contributed by atoms with Crippen LogP contribution >= 0.6 is 11.8 Å². The maximum absolute atomic E-state index is 3.81. The molecule has 0 aromatic heterocycles. The zero-order valence-electron chi connectivity index (χ0n) is 12.4. The summed E-state index contributed by atoms with van der Waals surface area (Å²) in [7, 11) is 0. The van der Waals surface area contributed by atoms with E-state index in [1.807, 2.05) is 0 Å². The van der Waals surface area contributed by atoms with Crippen molar-refractivity contribution in [2.24, 2.45) is 0 Å². The van der Waals surface area contributed by atoms with Crippen LogP contribution in [0.4, 0.5) is 0 Å². The summed E-state index contributed by atoms with van der Waals surface area (Å²) in [4.78, 5) is 0. The standard InChI is InChI=1S/C19H23NS/c1-3-7-16(8-4-1)19(17-9-5-2-6-10-17)15-20-18-11-13-21-14-12-18/h1-10,18-20H,11-15H2. The average molecular weight is 297 g/mol. The molecule has 0 atom stereocenters. The topological polar surface area (TPSA) is 12.0 Å². The molecule has 0 amide bonds. The number of hydrogen-bond donors (Lipinski definition) is 1. The summed E-state index contributed by atoms with van der Waals surface area (Å²) in [6.45, 7) is 1.03. The second-order valence-corrected chi connectivity index (χ2v) is 6.89. The fourth-order valence-electron chi connectivity index (χ4n) is 2.99. The molecular formula is C19H23NS. The number of nitrogens with one attached hydrogen (secondary N) is 1. The Hall–Kier alpha value is -1.25. The van der Waals surface area contributed by atoms with E-state index in [1.165, 1.54) is 35.5 Å². The molecule has 1 aliphatic heterocycles. The van der Waals surface area contributed by atoms with Gasteiger partial charge < -0.3 is 5.32 Å². The minimum atomic E-state index is 0.446. The van der Waals surface area contributed by atoms with E-state index < -0.39 is 0 Å². The van der Waals surface area contributed by atoms with E-state index in [1.54, 1.807) is 0 Å². The van der Waals surface area contributed by atoms with Gasteiger partial charge in [0.25, 0.3) is 0 Å². The van der Waals surface area contributed by atoms with Gasteiger partial charge in [-0.25, -0.2) is 0 Å². The van der Waals surface area contributed by atoms with E-state index in [4.69, 9.17) is 0 Å². The smallest absolute Gasteiger partial charge is 0.0214 e. The summed E-state index contributed by atoms with van der Waals surface area (Å²) in [5.74, 6) is 3.06. The summed E-state index contributed by atoms with van der Waals surface area (Å²) in [5.41, 5.74) is 2.81. The van der Waals surface area contributed by atoms with Crippen molar-refractivity contribution >= 4 is 11.8 Å². The first-order chi connectivity index (χ1) is 10.4. The Morgan fingerprint density at radius 3 is 1.90 bits per heavy atom. The Morgan fingerprint density at radius 1 is 0.857 bits per heavy atom. The molecule has 0 unspecified atom stereocenters.